The first-order valence-corrected chi connectivity index (χ1v) is 12.2. The summed E-state index contributed by atoms with van der Waals surface area (Å²) in [4.78, 5) is 12.8. The predicted molar refractivity (Wildman–Crippen MR) is 130 cm³/mol. The first-order valence-electron chi connectivity index (χ1n) is 10.4. The molecule has 0 aliphatic rings. The lowest BCUT2D eigenvalue weighted by molar-refractivity contribution is 0.0935. The van der Waals surface area contributed by atoms with Crippen molar-refractivity contribution in [1.82, 2.24) is 5.32 Å². The minimum Gasteiger partial charge on any atom is -0.345 e. The first-order chi connectivity index (χ1) is 15.1. The van der Waals surface area contributed by atoms with Crippen molar-refractivity contribution < 1.29 is 13.2 Å². The number of carbonyl (C=O) groups is 1. The van der Waals surface area contributed by atoms with Crippen LogP contribution in [0, 0.1) is 20.8 Å². The van der Waals surface area contributed by atoms with E-state index in [4.69, 9.17) is 11.6 Å². The lowest BCUT2D eigenvalue weighted by atomic mass is 10.0. The zero-order valence-corrected chi connectivity index (χ0v) is 20.1. The summed E-state index contributed by atoms with van der Waals surface area (Å²) < 4.78 is 28.5. The van der Waals surface area contributed by atoms with Gasteiger partial charge in [0, 0.05) is 11.3 Å². The summed E-state index contributed by atoms with van der Waals surface area (Å²) in [6.07, 6.45) is 0.696. The largest absolute Gasteiger partial charge is 0.345 e. The van der Waals surface area contributed by atoms with Gasteiger partial charge in [-0.05, 0) is 74.2 Å². The second-order valence-electron chi connectivity index (χ2n) is 7.89. The van der Waals surface area contributed by atoms with Gasteiger partial charge in [-0.3, -0.25) is 9.52 Å². The molecule has 0 aliphatic carbocycles. The van der Waals surface area contributed by atoms with Crippen molar-refractivity contribution in [3.05, 3.63) is 93.5 Å². The van der Waals surface area contributed by atoms with Crippen molar-refractivity contribution in [2.24, 2.45) is 0 Å². The Bertz CT molecular complexity index is 1240. The molecule has 0 saturated carbocycles. The Kier molecular flexibility index (Phi) is 7.26. The third-order valence-corrected chi connectivity index (χ3v) is 7.30. The van der Waals surface area contributed by atoms with Gasteiger partial charge in [0.1, 0.15) is 4.90 Å². The molecule has 0 bridgehead atoms. The summed E-state index contributed by atoms with van der Waals surface area (Å²) in [5.74, 6) is -0.364. The lowest BCUT2D eigenvalue weighted by Crippen LogP contribution is -2.28. The van der Waals surface area contributed by atoms with E-state index in [0.717, 1.165) is 22.3 Å². The van der Waals surface area contributed by atoms with Crippen LogP contribution in [-0.2, 0) is 10.0 Å². The van der Waals surface area contributed by atoms with Gasteiger partial charge in [0.25, 0.3) is 15.9 Å². The Hall–Kier alpha value is -2.83. The number of rotatable bonds is 7. The number of sulfonamides is 1. The minimum atomic E-state index is -3.98. The van der Waals surface area contributed by atoms with Crippen LogP contribution in [0.25, 0.3) is 0 Å². The van der Waals surface area contributed by atoms with Gasteiger partial charge in [-0.2, -0.15) is 0 Å². The first kappa shape index (κ1) is 23.8. The average Bonchev–Trinajstić information content (AvgIpc) is 2.75. The monoisotopic (exact) mass is 470 g/mol. The van der Waals surface area contributed by atoms with Crippen molar-refractivity contribution in [1.29, 1.82) is 0 Å². The summed E-state index contributed by atoms with van der Waals surface area (Å²) in [5.41, 5.74) is 4.81. The fraction of sp³-hybridized carbons (Fsp3) is 0.240. The third-order valence-electron chi connectivity index (χ3n) is 5.44. The van der Waals surface area contributed by atoms with E-state index in [2.05, 4.69) is 10.0 Å². The molecular formula is C25H27ClN2O3S. The van der Waals surface area contributed by atoms with Crippen LogP contribution >= 0.6 is 11.6 Å². The Morgan fingerprint density at radius 2 is 1.62 bits per heavy atom. The Morgan fingerprint density at radius 3 is 2.25 bits per heavy atom. The molecule has 32 heavy (non-hydrogen) atoms. The number of aryl methyl sites for hydroxylation is 3. The van der Waals surface area contributed by atoms with Crippen molar-refractivity contribution in [3.63, 3.8) is 0 Å². The van der Waals surface area contributed by atoms with E-state index in [0.29, 0.717) is 12.1 Å². The van der Waals surface area contributed by atoms with Crippen LogP contribution in [0.2, 0.25) is 5.02 Å². The third kappa shape index (κ3) is 5.50. The molecule has 7 heteroatoms. The molecular weight excluding hydrogens is 444 g/mol. The van der Waals surface area contributed by atoms with Crippen LogP contribution in [0.15, 0.2) is 65.6 Å². The molecule has 2 N–H and O–H groups in total. The molecule has 0 fully saturated rings. The maximum absolute atomic E-state index is 13.0. The number of hydrogen-bond donors (Lipinski definition) is 2. The molecule has 0 spiro atoms. The van der Waals surface area contributed by atoms with Crippen molar-refractivity contribution in [3.8, 4) is 0 Å². The molecule has 1 atom stereocenters. The van der Waals surface area contributed by atoms with E-state index in [-0.39, 0.29) is 27.4 Å². The summed E-state index contributed by atoms with van der Waals surface area (Å²) in [7, 11) is -3.98. The molecule has 1 amide bonds. The van der Waals surface area contributed by atoms with Crippen LogP contribution < -0.4 is 10.0 Å². The molecule has 3 aromatic rings. The number of amides is 1. The molecule has 0 radical (unpaired) electrons. The quantitative estimate of drug-likeness (QED) is 0.448. The van der Waals surface area contributed by atoms with E-state index >= 15 is 0 Å². The fourth-order valence-corrected chi connectivity index (χ4v) is 4.90. The summed E-state index contributed by atoms with van der Waals surface area (Å²) in [6.45, 7) is 7.84. The van der Waals surface area contributed by atoms with Crippen LogP contribution in [0.3, 0.4) is 0 Å². The van der Waals surface area contributed by atoms with Gasteiger partial charge < -0.3 is 5.32 Å². The summed E-state index contributed by atoms with van der Waals surface area (Å²) in [6, 6.07) is 17.3. The van der Waals surface area contributed by atoms with Crippen molar-refractivity contribution in [2.45, 2.75) is 45.1 Å². The molecule has 5 nitrogen and oxygen atoms in total. The standard InChI is InChI=1S/C25H27ClN2O3S/c1-5-23(19-9-6-16(2)7-10-19)27-25(29)20-11-13-22(26)24(15-20)32(30,31)28-21-12-8-17(3)18(4)14-21/h6-15,23,28H,5H2,1-4H3,(H,27,29). The maximum atomic E-state index is 13.0. The highest BCUT2D eigenvalue weighted by molar-refractivity contribution is 7.92. The van der Waals surface area contributed by atoms with Gasteiger partial charge in [-0.15, -0.1) is 0 Å². The van der Waals surface area contributed by atoms with Gasteiger partial charge in [0.05, 0.1) is 11.1 Å². The molecule has 0 saturated heterocycles. The number of hydrogen-bond acceptors (Lipinski definition) is 3. The molecule has 3 aromatic carbocycles. The Balaban J connectivity index is 1.85. The van der Waals surface area contributed by atoms with Crippen LogP contribution in [0.4, 0.5) is 5.69 Å². The van der Waals surface area contributed by atoms with E-state index in [1.807, 2.05) is 58.0 Å². The average molecular weight is 471 g/mol. The molecule has 168 valence electrons. The van der Waals surface area contributed by atoms with E-state index in [1.165, 1.54) is 18.2 Å². The SMILES string of the molecule is CCC(NC(=O)c1ccc(Cl)c(S(=O)(=O)Nc2ccc(C)c(C)c2)c1)c1ccc(C)cc1. The van der Waals surface area contributed by atoms with E-state index in [9.17, 15) is 13.2 Å². The normalized spacial score (nSPS) is 12.3. The fourth-order valence-electron chi connectivity index (χ4n) is 3.33. The van der Waals surface area contributed by atoms with E-state index in [1.54, 1.807) is 12.1 Å². The zero-order chi connectivity index (χ0) is 23.5. The molecule has 0 heterocycles. The van der Waals surface area contributed by atoms with Crippen LogP contribution in [-0.4, -0.2) is 14.3 Å². The zero-order valence-electron chi connectivity index (χ0n) is 18.6. The molecule has 3 rings (SSSR count). The molecule has 0 aromatic heterocycles. The lowest BCUT2D eigenvalue weighted by Gasteiger charge is -2.18. The van der Waals surface area contributed by atoms with Gasteiger partial charge in [0.15, 0.2) is 0 Å². The van der Waals surface area contributed by atoms with E-state index < -0.39 is 10.0 Å². The topological polar surface area (TPSA) is 75.3 Å². The minimum absolute atomic E-state index is 0.0449. The van der Waals surface area contributed by atoms with Crippen LogP contribution in [0.5, 0.6) is 0 Å². The van der Waals surface area contributed by atoms with Gasteiger partial charge in [-0.25, -0.2) is 8.42 Å². The highest BCUT2D eigenvalue weighted by Gasteiger charge is 2.22. The number of nitrogens with one attached hydrogen (secondary N) is 2. The summed E-state index contributed by atoms with van der Waals surface area (Å²) >= 11 is 6.20. The molecule has 1 unspecified atom stereocenters. The highest BCUT2D eigenvalue weighted by atomic mass is 35.5. The second kappa shape index (κ2) is 9.76. The number of anilines is 1. The summed E-state index contributed by atoms with van der Waals surface area (Å²) in [5, 5.41) is 3.03. The Morgan fingerprint density at radius 1 is 0.938 bits per heavy atom. The molecule has 0 aliphatic heterocycles. The predicted octanol–water partition coefficient (Wildman–Crippen LogP) is 5.95. The Labute approximate surface area is 194 Å². The van der Waals surface area contributed by atoms with Crippen molar-refractivity contribution in [2.75, 3.05) is 4.72 Å². The van der Waals surface area contributed by atoms with Crippen LogP contribution in [0.1, 0.15) is 52.0 Å². The van der Waals surface area contributed by atoms with Gasteiger partial charge in [0.2, 0.25) is 0 Å². The number of carbonyl (C=O) groups excluding carboxylic acids is 1. The van der Waals surface area contributed by atoms with Crippen molar-refractivity contribution >= 4 is 33.2 Å². The number of halogens is 1. The smallest absolute Gasteiger partial charge is 0.263 e. The van der Waals surface area contributed by atoms with Gasteiger partial charge in [-0.1, -0.05) is 54.4 Å². The highest BCUT2D eigenvalue weighted by Crippen LogP contribution is 2.26. The van der Waals surface area contributed by atoms with Gasteiger partial charge >= 0.3 is 0 Å². The number of benzene rings is 3. The second-order valence-corrected chi connectivity index (χ2v) is 9.95. The maximum Gasteiger partial charge on any atom is 0.263 e.